The average Bonchev–Trinajstić information content (AvgIpc) is 2.52. The van der Waals surface area contributed by atoms with Crippen molar-refractivity contribution in [2.24, 2.45) is 0 Å². The molecule has 1 aromatic heterocycles. The number of likely N-dealkylation sites (N-methyl/N-ethyl adjacent to an activating group) is 1. The predicted octanol–water partition coefficient (Wildman–Crippen LogP) is -0.669. The molecule has 1 rings (SSSR count). The molecule has 6 nitrogen and oxygen atoms in total. The molecule has 0 radical (unpaired) electrons. The van der Waals surface area contributed by atoms with Crippen LogP contribution in [0.5, 0.6) is 0 Å². The van der Waals surface area contributed by atoms with Crippen LogP contribution >= 0.6 is 0 Å². The zero-order chi connectivity index (χ0) is 10.8. The maximum absolute atomic E-state index is 11.7. The van der Waals surface area contributed by atoms with E-state index in [1.807, 2.05) is 0 Å². The Hall–Kier alpha value is -0.920. The van der Waals surface area contributed by atoms with E-state index in [1.165, 1.54) is 13.2 Å². The van der Waals surface area contributed by atoms with Crippen LogP contribution in [0.4, 0.5) is 0 Å². The Kier molecular flexibility index (Phi) is 3.25. The molecule has 1 heterocycles. The SMILES string of the molecule is Cc1ncc(S(=O)(=O)N(C)CCO)[nH]1. The topological polar surface area (TPSA) is 86.3 Å². The normalized spacial score (nSPS) is 12.3. The van der Waals surface area contributed by atoms with Gasteiger partial charge in [-0.15, -0.1) is 0 Å². The summed E-state index contributed by atoms with van der Waals surface area (Å²) in [7, 11) is -2.12. The highest BCUT2D eigenvalue weighted by atomic mass is 32.2. The Morgan fingerprint density at radius 1 is 1.64 bits per heavy atom. The van der Waals surface area contributed by atoms with Crippen molar-refractivity contribution < 1.29 is 13.5 Å². The molecule has 1 aromatic rings. The van der Waals surface area contributed by atoms with E-state index in [4.69, 9.17) is 5.11 Å². The van der Waals surface area contributed by atoms with Crippen LogP contribution in [0.1, 0.15) is 5.82 Å². The molecule has 7 heteroatoms. The molecule has 0 saturated carbocycles. The Morgan fingerprint density at radius 2 is 2.29 bits per heavy atom. The minimum absolute atomic E-state index is 0.0472. The summed E-state index contributed by atoms with van der Waals surface area (Å²) in [6.45, 7) is 1.54. The fourth-order valence-corrected chi connectivity index (χ4v) is 2.08. The number of imidazole rings is 1. The van der Waals surface area contributed by atoms with Crippen molar-refractivity contribution in [3.63, 3.8) is 0 Å². The number of aliphatic hydroxyl groups is 1. The highest BCUT2D eigenvalue weighted by Gasteiger charge is 2.21. The lowest BCUT2D eigenvalue weighted by molar-refractivity contribution is 0.266. The van der Waals surface area contributed by atoms with Gasteiger partial charge >= 0.3 is 0 Å². The molecule has 0 aliphatic heterocycles. The molecule has 0 atom stereocenters. The Balaban J connectivity index is 2.96. The lowest BCUT2D eigenvalue weighted by Crippen LogP contribution is -2.29. The van der Waals surface area contributed by atoms with Gasteiger partial charge in [0.05, 0.1) is 12.8 Å². The third kappa shape index (κ3) is 2.11. The van der Waals surface area contributed by atoms with Crippen LogP contribution < -0.4 is 0 Å². The molecule has 0 aliphatic rings. The summed E-state index contributed by atoms with van der Waals surface area (Å²) < 4.78 is 24.4. The Labute approximate surface area is 82.6 Å². The molecule has 80 valence electrons. The predicted molar refractivity (Wildman–Crippen MR) is 50.2 cm³/mol. The molecule has 0 saturated heterocycles. The second-order valence-corrected chi connectivity index (χ2v) is 4.90. The van der Waals surface area contributed by atoms with Crippen molar-refractivity contribution in [1.82, 2.24) is 14.3 Å². The van der Waals surface area contributed by atoms with Crippen LogP contribution in [-0.4, -0.2) is 48.0 Å². The van der Waals surface area contributed by atoms with Crippen molar-refractivity contribution in [1.29, 1.82) is 0 Å². The van der Waals surface area contributed by atoms with Crippen LogP contribution in [0.3, 0.4) is 0 Å². The van der Waals surface area contributed by atoms with Crippen LogP contribution in [0.2, 0.25) is 0 Å². The van der Waals surface area contributed by atoms with Gasteiger partial charge in [0.15, 0.2) is 5.03 Å². The number of rotatable bonds is 4. The van der Waals surface area contributed by atoms with Crippen molar-refractivity contribution in [2.75, 3.05) is 20.2 Å². The molecule has 0 fully saturated rings. The molecule has 14 heavy (non-hydrogen) atoms. The number of aromatic amines is 1. The smallest absolute Gasteiger partial charge is 0.259 e. The van der Waals surface area contributed by atoms with E-state index >= 15 is 0 Å². The number of aryl methyl sites for hydroxylation is 1. The number of aromatic nitrogens is 2. The van der Waals surface area contributed by atoms with Gasteiger partial charge in [0.2, 0.25) is 0 Å². The Bertz CT molecular complexity index is 398. The molecular formula is C7H13N3O3S. The van der Waals surface area contributed by atoms with Gasteiger partial charge in [-0.3, -0.25) is 0 Å². The summed E-state index contributed by atoms with van der Waals surface area (Å²) >= 11 is 0. The number of sulfonamides is 1. The zero-order valence-electron chi connectivity index (χ0n) is 8.06. The van der Waals surface area contributed by atoms with Gasteiger partial charge in [0.1, 0.15) is 5.82 Å². The number of hydrogen-bond acceptors (Lipinski definition) is 4. The highest BCUT2D eigenvalue weighted by molar-refractivity contribution is 7.89. The van der Waals surface area contributed by atoms with Gasteiger partial charge in [0.25, 0.3) is 10.0 Å². The van der Waals surface area contributed by atoms with E-state index in [-0.39, 0.29) is 18.2 Å². The number of nitrogens with zero attached hydrogens (tertiary/aromatic N) is 2. The number of nitrogens with one attached hydrogen (secondary N) is 1. The standard InChI is InChI=1S/C7H13N3O3S/c1-6-8-5-7(9-6)14(12,13)10(2)3-4-11/h5,11H,3-4H2,1-2H3,(H,8,9). The first-order chi connectivity index (χ1) is 6.48. The summed E-state index contributed by atoms with van der Waals surface area (Å²) in [6, 6.07) is 0. The quantitative estimate of drug-likeness (QED) is 0.703. The van der Waals surface area contributed by atoms with Crippen molar-refractivity contribution in [3.05, 3.63) is 12.0 Å². The number of hydrogen-bond donors (Lipinski definition) is 2. The molecule has 0 spiro atoms. The largest absolute Gasteiger partial charge is 0.395 e. The maximum Gasteiger partial charge on any atom is 0.259 e. The second-order valence-electron chi connectivity index (χ2n) is 2.88. The van der Waals surface area contributed by atoms with Crippen molar-refractivity contribution in [3.8, 4) is 0 Å². The second kappa shape index (κ2) is 4.07. The minimum Gasteiger partial charge on any atom is -0.395 e. The fourth-order valence-electron chi connectivity index (χ4n) is 0.958. The van der Waals surface area contributed by atoms with Gasteiger partial charge in [-0.2, -0.15) is 4.31 Å². The molecule has 0 aliphatic carbocycles. The van der Waals surface area contributed by atoms with Gasteiger partial charge in [-0.25, -0.2) is 13.4 Å². The third-order valence-corrected chi connectivity index (χ3v) is 3.55. The molecular weight excluding hydrogens is 206 g/mol. The lowest BCUT2D eigenvalue weighted by Gasteiger charge is -2.13. The summed E-state index contributed by atoms with van der Waals surface area (Å²) in [5.41, 5.74) is 0. The lowest BCUT2D eigenvalue weighted by atomic mass is 10.7. The highest BCUT2D eigenvalue weighted by Crippen LogP contribution is 2.10. The first-order valence-corrected chi connectivity index (χ1v) is 5.51. The first kappa shape index (κ1) is 11.2. The first-order valence-electron chi connectivity index (χ1n) is 4.07. The monoisotopic (exact) mass is 219 g/mol. The van der Waals surface area contributed by atoms with Gasteiger partial charge in [-0.1, -0.05) is 0 Å². The van der Waals surface area contributed by atoms with Gasteiger partial charge in [0, 0.05) is 13.6 Å². The van der Waals surface area contributed by atoms with Crippen LogP contribution in [-0.2, 0) is 10.0 Å². The van der Waals surface area contributed by atoms with Crippen LogP contribution in [0.25, 0.3) is 0 Å². The number of H-pyrrole nitrogens is 1. The minimum atomic E-state index is -3.53. The van der Waals surface area contributed by atoms with E-state index in [0.29, 0.717) is 5.82 Å². The molecule has 0 bridgehead atoms. The van der Waals surface area contributed by atoms with Crippen LogP contribution in [0, 0.1) is 6.92 Å². The molecule has 0 unspecified atom stereocenters. The van der Waals surface area contributed by atoms with Crippen molar-refractivity contribution >= 4 is 10.0 Å². The van der Waals surface area contributed by atoms with Crippen molar-refractivity contribution in [2.45, 2.75) is 11.9 Å². The van der Waals surface area contributed by atoms with E-state index in [1.54, 1.807) is 6.92 Å². The summed E-state index contributed by atoms with van der Waals surface area (Å²) in [5, 5.41) is 8.67. The summed E-state index contributed by atoms with van der Waals surface area (Å²) in [5.74, 6) is 0.543. The molecule has 0 aromatic carbocycles. The van der Waals surface area contributed by atoms with E-state index in [9.17, 15) is 8.42 Å². The third-order valence-electron chi connectivity index (χ3n) is 1.78. The van der Waals surface area contributed by atoms with Crippen LogP contribution in [0.15, 0.2) is 11.2 Å². The zero-order valence-corrected chi connectivity index (χ0v) is 8.87. The van der Waals surface area contributed by atoms with Gasteiger partial charge < -0.3 is 10.1 Å². The summed E-state index contributed by atoms with van der Waals surface area (Å²) in [6.07, 6.45) is 1.26. The van der Waals surface area contributed by atoms with E-state index in [0.717, 1.165) is 4.31 Å². The Morgan fingerprint density at radius 3 is 2.71 bits per heavy atom. The van der Waals surface area contributed by atoms with Gasteiger partial charge in [-0.05, 0) is 6.92 Å². The maximum atomic E-state index is 11.7. The average molecular weight is 219 g/mol. The molecule has 0 amide bonds. The van der Waals surface area contributed by atoms with E-state index < -0.39 is 10.0 Å². The molecule has 2 N–H and O–H groups in total. The fraction of sp³-hybridized carbons (Fsp3) is 0.571. The van der Waals surface area contributed by atoms with E-state index in [2.05, 4.69) is 9.97 Å². The summed E-state index contributed by atoms with van der Waals surface area (Å²) in [4.78, 5) is 6.43. The number of aliphatic hydroxyl groups excluding tert-OH is 1.